The summed E-state index contributed by atoms with van der Waals surface area (Å²) in [6, 6.07) is 0. The number of ether oxygens (including phenoxy) is 1. The van der Waals surface area contributed by atoms with Gasteiger partial charge in [-0.25, -0.2) is 0 Å². The molecule has 0 spiro atoms. The van der Waals surface area contributed by atoms with E-state index in [9.17, 15) is 0 Å². The van der Waals surface area contributed by atoms with Gasteiger partial charge in [0.1, 0.15) is 1.41 Å². The number of hydrogen-bond donors (Lipinski definition) is 1. The predicted octanol–water partition coefficient (Wildman–Crippen LogP) is 2.61. The Morgan fingerprint density at radius 3 is 3.00 bits per heavy atom. The minimum Gasteiger partial charge on any atom is -0.373 e. The van der Waals surface area contributed by atoms with Crippen LogP contribution in [0.15, 0.2) is 0 Å². The molecule has 2 saturated heterocycles. The van der Waals surface area contributed by atoms with Crippen LogP contribution in [0.1, 0.15) is 46.0 Å². The van der Waals surface area contributed by atoms with Gasteiger partial charge in [0.15, 0.2) is 0 Å². The molecule has 0 bridgehead atoms. The van der Waals surface area contributed by atoms with Gasteiger partial charge >= 0.3 is 0 Å². The Labute approximate surface area is 120 Å². The van der Waals surface area contributed by atoms with E-state index in [2.05, 4.69) is 25.7 Å². The van der Waals surface area contributed by atoms with Gasteiger partial charge in [0.25, 0.3) is 0 Å². The average molecular weight is 268 g/mol. The number of nitrogens with zero attached hydrogens (tertiary/aromatic N) is 1. The molecule has 2 rings (SSSR count). The minimum atomic E-state index is 0.208. The van der Waals surface area contributed by atoms with Gasteiger partial charge in [-0.1, -0.05) is 20.3 Å². The van der Waals surface area contributed by atoms with Gasteiger partial charge in [-0.15, -0.1) is 0 Å². The third-order valence-electron chi connectivity index (χ3n) is 4.31. The van der Waals surface area contributed by atoms with E-state index in [1.807, 2.05) is 0 Å². The molecule has 4 atom stereocenters. The average Bonchev–Trinajstić information content (AvgIpc) is 2.55. The fraction of sp³-hybridized carbons (Fsp3) is 1.00. The van der Waals surface area contributed by atoms with Crippen LogP contribution in [-0.4, -0.2) is 49.8 Å². The standard InChI is InChI=1S/C15H30N2O.2H2/c1-4-14-7-12(2)10-17(11-14)6-5-15-9-16-8-13(3)18-15;;/h12-16H,4-11H2,1-3H3;2*1H/i;2*1+2T/hT. The lowest BCUT2D eigenvalue weighted by molar-refractivity contribution is -0.0367. The Kier molecular flexibility index (Phi) is 4.07. The zero-order valence-electron chi connectivity index (χ0n) is 17.3. The lowest BCUT2D eigenvalue weighted by Crippen LogP contribution is -2.46. The summed E-state index contributed by atoms with van der Waals surface area (Å²) in [5.74, 6) is 1.71. The SMILES string of the molecule is [3H]N1CC(C)OC(CCN2CC(C)CC(CC)C2)C1.[3H][3H].[3H][3H]. The topological polar surface area (TPSA) is 24.5 Å². The first-order valence-electron chi connectivity index (χ1n) is 10.1. The molecule has 110 valence electrons. The third kappa shape index (κ3) is 4.22. The van der Waals surface area contributed by atoms with Crippen LogP contribution in [0.25, 0.3) is 0 Å². The molecule has 0 aromatic rings. The maximum Gasteiger partial charge on any atom is 0.122 e. The number of morpholine rings is 1. The molecular formula is C15H34N2O. The number of likely N-dealkylation sites (tertiary alicyclic amines) is 1. The van der Waals surface area contributed by atoms with Gasteiger partial charge in [-0.3, -0.25) is 0 Å². The van der Waals surface area contributed by atoms with Crippen LogP contribution in [-0.2, 0) is 4.74 Å². The van der Waals surface area contributed by atoms with Crippen molar-refractivity contribution in [2.75, 3.05) is 32.7 Å². The van der Waals surface area contributed by atoms with E-state index < -0.39 is 0 Å². The highest BCUT2D eigenvalue weighted by molar-refractivity contribution is 4.79. The van der Waals surface area contributed by atoms with Crippen LogP contribution in [0.4, 0.5) is 0 Å². The van der Waals surface area contributed by atoms with Gasteiger partial charge in [0.2, 0.25) is 0 Å². The minimum absolute atomic E-state index is 0.208. The smallest absolute Gasteiger partial charge is 0.122 e. The van der Waals surface area contributed by atoms with Gasteiger partial charge in [0.05, 0.1) is 12.2 Å². The molecule has 0 aromatic carbocycles. The summed E-state index contributed by atoms with van der Waals surface area (Å²) in [6.07, 6.45) is 4.23. The van der Waals surface area contributed by atoms with E-state index in [4.69, 9.17) is 12.1 Å². The molecule has 2 aliphatic rings. The zero-order chi connectivity index (χ0) is 17.8. The molecule has 0 radical (unpaired) electrons. The van der Waals surface area contributed by atoms with E-state index in [-0.39, 0.29) is 12.2 Å². The van der Waals surface area contributed by atoms with Gasteiger partial charge in [-0.05, 0) is 31.6 Å². The van der Waals surface area contributed by atoms with E-state index >= 15 is 0 Å². The maximum atomic E-state index is 7.79. The number of piperidine rings is 1. The van der Waals surface area contributed by atoms with E-state index in [0.29, 0.717) is 0 Å². The van der Waals surface area contributed by atoms with Crippen LogP contribution in [0.3, 0.4) is 0 Å². The molecule has 3 heteroatoms. The first-order valence-corrected chi connectivity index (χ1v) is 7.68. The number of rotatable bonds is 4. The summed E-state index contributed by atoms with van der Waals surface area (Å²) in [6.45, 7) is 11.9. The van der Waals surface area contributed by atoms with E-state index in [0.717, 1.165) is 37.9 Å². The number of nitrogens with one attached hydrogen (secondary N) is 1. The summed E-state index contributed by atoms with van der Waals surface area (Å²) in [4.78, 5) is 2.61. The quantitative estimate of drug-likeness (QED) is 0.848. The Balaban J connectivity index is 0.00000112. The third-order valence-corrected chi connectivity index (χ3v) is 4.31. The molecule has 4 unspecified atom stereocenters. The second kappa shape index (κ2) is 6.88. The Hall–Kier alpha value is -0.120. The van der Waals surface area contributed by atoms with Crippen LogP contribution in [0.5, 0.6) is 0 Å². The lowest BCUT2D eigenvalue weighted by atomic mass is 9.88. The molecule has 18 heavy (non-hydrogen) atoms. The normalized spacial score (nSPS) is 41.6. The van der Waals surface area contributed by atoms with Crippen molar-refractivity contribution in [1.82, 2.24) is 10.2 Å². The first kappa shape index (κ1) is 10.6. The highest BCUT2D eigenvalue weighted by Gasteiger charge is 2.25. The second-order valence-electron chi connectivity index (χ2n) is 6.32. The summed E-state index contributed by atoms with van der Waals surface area (Å²) in [5, 5.41) is 1.66. The largest absolute Gasteiger partial charge is 0.373 e. The molecule has 0 amide bonds. The first-order chi connectivity index (χ1) is 11.1. The Morgan fingerprint density at radius 2 is 2.28 bits per heavy atom. The molecule has 3 nitrogen and oxygen atoms in total. The van der Waals surface area contributed by atoms with Crippen molar-refractivity contribution in [3.63, 3.8) is 0 Å². The van der Waals surface area contributed by atoms with Crippen molar-refractivity contribution < 1.29 is 12.1 Å². The van der Waals surface area contributed by atoms with Crippen LogP contribution < -0.4 is 5.31 Å². The molecule has 0 saturated carbocycles. The van der Waals surface area contributed by atoms with Gasteiger partial charge < -0.3 is 14.9 Å². The van der Waals surface area contributed by atoms with Crippen molar-refractivity contribution >= 4 is 0 Å². The molecule has 2 heterocycles. The van der Waals surface area contributed by atoms with Crippen molar-refractivity contribution in [2.24, 2.45) is 11.8 Å². The summed E-state index contributed by atoms with van der Waals surface area (Å²) in [7, 11) is 0. The molecular weight excluding hydrogens is 224 g/mol. The highest BCUT2D eigenvalue weighted by Crippen LogP contribution is 2.24. The van der Waals surface area contributed by atoms with Crippen LogP contribution >= 0.6 is 0 Å². The van der Waals surface area contributed by atoms with Crippen LogP contribution in [0, 0.1) is 11.8 Å². The fourth-order valence-corrected chi connectivity index (χ4v) is 3.38. The zero-order valence-corrected chi connectivity index (χ0v) is 12.3. The van der Waals surface area contributed by atoms with E-state index in [1.54, 1.807) is 5.31 Å². The Morgan fingerprint density at radius 1 is 1.44 bits per heavy atom. The molecule has 2 aliphatic heterocycles. The highest BCUT2D eigenvalue weighted by atomic mass is 16.5. The molecule has 0 aliphatic carbocycles. The van der Waals surface area contributed by atoms with Gasteiger partial charge in [0, 0.05) is 38.7 Å². The monoisotopic (exact) mass is 268 g/mol. The van der Waals surface area contributed by atoms with Crippen molar-refractivity contribution in [2.45, 2.75) is 52.2 Å². The maximum absolute atomic E-state index is 7.79. The summed E-state index contributed by atoms with van der Waals surface area (Å²) >= 11 is 0. The molecule has 1 N–H and O–H groups in total. The van der Waals surface area contributed by atoms with Crippen LogP contribution in [0.2, 0.25) is 1.41 Å². The second-order valence-corrected chi connectivity index (χ2v) is 6.32. The van der Waals surface area contributed by atoms with Crippen molar-refractivity contribution in [3.8, 4) is 0 Å². The van der Waals surface area contributed by atoms with Crippen molar-refractivity contribution in [3.05, 3.63) is 0 Å². The predicted molar refractivity (Wildman–Crippen MR) is 80.1 cm³/mol. The number of hydrogen-bond acceptors (Lipinski definition) is 3. The summed E-state index contributed by atoms with van der Waals surface area (Å²) < 4.78 is 33.7. The lowest BCUT2D eigenvalue weighted by Gasteiger charge is -2.37. The van der Waals surface area contributed by atoms with Crippen molar-refractivity contribution in [1.29, 1.82) is 0 Å². The molecule has 2 fully saturated rings. The Bertz CT molecular complexity index is 279. The van der Waals surface area contributed by atoms with E-state index in [1.165, 1.54) is 25.9 Å². The van der Waals surface area contributed by atoms with Gasteiger partial charge in [-0.2, -0.15) is 0 Å². The fourth-order valence-electron chi connectivity index (χ4n) is 3.38. The molecule has 0 aromatic heterocycles. The summed E-state index contributed by atoms with van der Waals surface area (Å²) in [5.41, 5.74) is 0.